The van der Waals surface area contributed by atoms with Gasteiger partial charge in [0.15, 0.2) is 0 Å². The van der Waals surface area contributed by atoms with E-state index in [1.807, 2.05) is 0 Å². The van der Waals surface area contributed by atoms with Crippen molar-refractivity contribution < 1.29 is 9.66 Å². The van der Waals surface area contributed by atoms with Crippen LogP contribution in [-0.4, -0.2) is 19.6 Å². The molecule has 0 saturated carbocycles. The van der Waals surface area contributed by atoms with Gasteiger partial charge in [0.05, 0.1) is 22.6 Å². The van der Waals surface area contributed by atoms with Gasteiger partial charge < -0.3 is 10.5 Å². The molecule has 0 atom stereocenters. The van der Waals surface area contributed by atoms with Crippen molar-refractivity contribution in [2.24, 2.45) is 0 Å². The van der Waals surface area contributed by atoms with Gasteiger partial charge in [-0.2, -0.15) is 0 Å². The van der Waals surface area contributed by atoms with Gasteiger partial charge in [-0.15, -0.1) is 0 Å². The summed E-state index contributed by atoms with van der Waals surface area (Å²) in [6, 6.07) is 3.59. The molecule has 0 aliphatic rings. The topological polar surface area (TPSA) is 78.4 Å². The average molecular weight is 289 g/mol. The third-order valence-electron chi connectivity index (χ3n) is 2.39. The smallest absolute Gasteiger partial charge is 0.295 e. The molecule has 0 saturated heterocycles. The zero-order valence-electron chi connectivity index (χ0n) is 10.7. The number of nitrogen functional groups attached to an aromatic ring is 1. The van der Waals surface area contributed by atoms with Crippen molar-refractivity contribution in [1.82, 2.24) is 0 Å². The van der Waals surface area contributed by atoms with E-state index in [2.05, 4.69) is 19.6 Å². The summed E-state index contributed by atoms with van der Waals surface area (Å²) >= 11 is 5.94. The van der Waals surface area contributed by atoms with Crippen LogP contribution in [0.1, 0.15) is 0 Å². The third-order valence-corrected chi connectivity index (χ3v) is 4.39. The molecule has 0 unspecified atom stereocenters. The molecule has 0 bridgehead atoms. The fourth-order valence-corrected chi connectivity index (χ4v) is 2.24. The number of halogens is 1. The number of rotatable bonds is 5. The number of anilines is 1. The molecule has 0 aliphatic carbocycles. The number of nitro benzene ring substituents is 1. The highest BCUT2D eigenvalue weighted by molar-refractivity contribution is 6.76. The number of hydrogen-bond donors (Lipinski definition) is 1. The molecule has 2 N–H and O–H groups in total. The Bertz CT molecular complexity index is 460. The summed E-state index contributed by atoms with van der Waals surface area (Å²) in [6.45, 7) is 7.19. The standard InChI is InChI=1S/C11H17ClN2O3Si/c1-18(2,3)5-4-17-11-7-10(14(15)16)9(13)6-8(11)12/h6-7H,4-5,13H2,1-3H3. The van der Waals surface area contributed by atoms with Gasteiger partial charge >= 0.3 is 0 Å². The van der Waals surface area contributed by atoms with Crippen LogP contribution in [0, 0.1) is 10.1 Å². The van der Waals surface area contributed by atoms with E-state index in [1.54, 1.807) is 0 Å². The van der Waals surface area contributed by atoms with Crippen LogP contribution in [0.5, 0.6) is 5.75 Å². The average Bonchev–Trinajstić information content (AvgIpc) is 2.18. The van der Waals surface area contributed by atoms with Crippen LogP contribution in [0.4, 0.5) is 11.4 Å². The molecule has 1 rings (SSSR count). The Hall–Kier alpha value is -1.27. The molecule has 1 aromatic rings. The zero-order valence-corrected chi connectivity index (χ0v) is 12.5. The first-order chi connectivity index (χ1) is 8.20. The van der Waals surface area contributed by atoms with Gasteiger partial charge in [-0.25, -0.2) is 0 Å². The SMILES string of the molecule is C[Si](C)(C)CCOc1cc([N+](=O)[O-])c(N)cc1Cl. The minimum Gasteiger partial charge on any atom is -0.492 e. The van der Waals surface area contributed by atoms with Crippen molar-refractivity contribution in [1.29, 1.82) is 0 Å². The van der Waals surface area contributed by atoms with E-state index in [9.17, 15) is 10.1 Å². The highest BCUT2D eigenvalue weighted by Crippen LogP contribution is 2.34. The Labute approximate surface area is 112 Å². The first-order valence-electron chi connectivity index (χ1n) is 5.57. The molecule has 0 radical (unpaired) electrons. The predicted octanol–water partition coefficient (Wildman–Crippen LogP) is 3.55. The zero-order chi connectivity index (χ0) is 13.9. The van der Waals surface area contributed by atoms with E-state index < -0.39 is 13.0 Å². The monoisotopic (exact) mass is 288 g/mol. The summed E-state index contributed by atoms with van der Waals surface area (Å²) in [5.74, 6) is 0.316. The van der Waals surface area contributed by atoms with E-state index in [-0.39, 0.29) is 11.4 Å². The number of nitrogens with two attached hydrogens (primary N) is 1. The Morgan fingerprint density at radius 3 is 2.56 bits per heavy atom. The minimum atomic E-state index is -1.20. The van der Waals surface area contributed by atoms with Crippen molar-refractivity contribution in [3.05, 3.63) is 27.3 Å². The Kier molecular flexibility index (Phi) is 4.58. The quantitative estimate of drug-likeness (QED) is 0.389. The number of benzene rings is 1. The molecule has 18 heavy (non-hydrogen) atoms. The van der Waals surface area contributed by atoms with Gasteiger partial charge in [-0.1, -0.05) is 31.2 Å². The van der Waals surface area contributed by atoms with Crippen LogP contribution in [0.15, 0.2) is 12.1 Å². The minimum absolute atomic E-state index is 0.0440. The lowest BCUT2D eigenvalue weighted by Gasteiger charge is -2.16. The second kappa shape index (κ2) is 5.58. The van der Waals surface area contributed by atoms with Gasteiger partial charge in [0.1, 0.15) is 11.4 Å². The summed E-state index contributed by atoms with van der Waals surface area (Å²) in [4.78, 5) is 10.2. The molecular weight excluding hydrogens is 272 g/mol. The molecule has 5 nitrogen and oxygen atoms in total. The van der Waals surface area contributed by atoms with Crippen LogP contribution >= 0.6 is 11.6 Å². The molecule has 7 heteroatoms. The lowest BCUT2D eigenvalue weighted by Crippen LogP contribution is -2.22. The first kappa shape index (κ1) is 14.8. The summed E-state index contributed by atoms with van der Waals surface area (Å²) in [5, 5.41) is 11.1. The normalized spacial score (nSPS) is 11.3. The predicted molar refractivity (Wildman–Crippen MR) is 76.2 cm³/mol. The molecule has 0 aliphatic heterocycles. The Morgan fingerprint density at radius 2 is 2.06 bits per heavy atom. The summed E-state index contributed by atoms with van der Waals surface area (Å²) in [6.07, 6.45) is 0. The molecular formula is C11H17ClN2O3Si. The number of nitro groups is 1. The molecule has 1 aromatic carbocycles. The van der Waals surface area contributed by atoms with Crippen molar-refractivity contribution in [3.8, 4) is 5.75 Å². The molecule has 0 spiro atoms. The van der Waals surface area contributed by atoms with Crippen molar-refractivity contribution in [2.45, 2.75) is 25.7 Å². The van der Waals surface area contributed by atoms with E-state index in [4.69, 9.17) is 22.1 Å². The maximum atomic E-state index is 10.8. The van der Waals surface area contributed by atoms with Gasteiger partial charge in [0.2, 0.25) is 0 Å². The summed E-state index contributed by atoms with van der Waals surface area (Å²) in [7, 11) is -1.20. The highest BCUT2D eigenvalue weighted by atomic mass is 35.5. The van der Waals surface area contributed by atoms with E-state index in [0.717, 1.165) is 6.04 Å². The Morgan fingerprint density at radius 1 is 1.44 bits per heavy atom. The molecule has 100 valence electrons. The van der Waals surface area contributed by atoms with E-state index in [1.165, 1.54) is 12.1 Å². The van der Waals surface area contributed by atoms with Crippen molar-refractivity contribution in [2.75, 3.05) is 12.3 Å². The van der Waals surface area contributed by atoms with Gasteiger partial charge in [0, 0.05) is 8.07 Å². The second-order valence-electron chi connectivity index (χ2n) is 5.26. The van der Waals surface area contributed by atoms with Crippen LogP contribution in [0.2, 0.25) is 30.7 Å². The first-order valence-corrected chi connectivity index (χ1v) is 9.65. The van der Waals surface area contributed by atoms with Gasteiger partial charge in [-0.3, -0.25) is 10.1 Å². The fourth-order valence-electron chi connectivity index (χ4n) is 1.29. The third kappa shape index (κ3) is 4.19. The molecule has 0 amide bonds. The highest BCUT2D eigenvalue weighted by Gasteiger charge is 2.17. The lowest BCUT2D eigenvalue weighted by atomic mass is 10.2. The number of ether oxygens (including phenoxy) is 1. The van der Waals surface area contributed by atoms with E-state index >= 15 is 0 Å². The fraction of sp³-hybridized carbons (Fsp3) is 0.455. The maximum Gasteiger partial charge on any atom is 0.295 e. The van der Waals surface area contributed by atoms with Gasteiger partial charge in [-0.05, 0) is 12.1 Å². The van der Waals surface area contributed by atoms with Crippen molar-refractivity contribution in [3.63, 3.8) is 0 Å². The second-order valence-corrected chi connectivity index (χ2v) is 11.3. The van der Waals surface area contributed by atoms with E-state index in [0.29, 0.717) is 17.4 Å². The van der Waals surface area contributed by atoms with Crippen LogP contribution in [-0.2, 0) is 0 Å². The van der Waals surface area contributed by atoms with Crippen molar-refractivity contribution >= 4 is 31.0 Å². The largest absolute Gasteiger partial charge is 0.492 e. The number of hydrogen-bond acceptors (Lipinski definition) is 4. The van der Waals surface area contributed by atoms with Crippen LogP contribution in [0.3, 0.4) is 0 Å². The van der Waals surface area contributed by atoms with Crippen LogP contribution in [0.25, 0.3) is 0 Å². The Balaban J connectivity index is 2.83. The summed E-state index contributed by atoms with van der Waals surface area (Å²) < 4.78 is 5.50. The summed E-state index contributed by atoms with van der Waals surface area (Å²) in [5.41, 5.74) is 5.38. The molecule has 0 fully saturated rings. The molecule has 0 heterocycles. The van der Waals surface area contributed by atoms with Gasteiger partial charge in [0.25, 0.3) is 5.69 Å². The molecule has 0 aromatic heterocycles. The lowest BCUT2D eigenvalue weighted by molar-refractivity contribution is -0.384. The maximum absolute atomic E-state index is 10.8. The van der Waals surface area contributed by atoms with Crippen LogP contribution < -0.4 is 10.5 Å². The number of nitrogens with zero attached hydrogens (tertiary/aromatic N) is 1.